The third-order valence-electron chi connectivity index (χ3n) is 3.57. The molecule has 0 heterocycles. The summed E-state index contributed by atoms with van der Waals surface area (Å²) in [5, 5.41) is 6.19. The van der Waals surface area contributed by atoms with Gasteiger partial charge in [0, 0.05) is 5.56 Å². The maximum absolute atomic E-state index is 12.1. The van der Waals surface area contributed by atoms with Crippen LogP contribution in [0.3, 0.4) is 0 Å². The van der Waals surface area contributed by atoms with Crippen molar-refractivity contribution < 1.29 is 4.79 Å². The van der Waals surface area contributed by atoms with Gasteiger partial charge in [0.15, 0.2) is 0 Å². The lowest BCUT2D eigenvalue weighted by Crippen LogP contribution is -2.17. The summed E-state index contributed by atoms with van der Waals surface area (Å²) < 4.78 is 0. The van der Waals surface area contributed by atoms with E-state index in [0.29, 0.717) is 5.56 Å². The zero-order valence-corrected chi connectivity index (χ0v) is 12.3. The van der Waals surface area contributed by atoms with E-state index < -0.39 is 0 Å². The van der Waals surface area contributed by atoms with Crippen LogP contribution in [0.2, 0.25) is 0 Å². The van der Waals surface area contributed by atoms with Crippen LogP contribution in [0.1, 0.15) is 21.5 Å². The molecule has 3 rings (SSSR count). The van der Waals surface area contributed by atoms with Crippen LogP contribution < -0.4 is 5.43 Å². The highest BCUT2D eigenvalue weighted by molar-refractivity contribution is 5.99. The second-order valence-corrected chi connectivity index (χ2v) is 5.12. The predicted octanol–water partition coefficient (Wildman–Crippen LogP) is 3.91. The molecule has 3 aromatic carbocycles. The molecular weight excluding hydrogens is 272 g/mol. The minimum Gasteiger partial charge on any atom is -0.267 e. The van der Waals surface area contributed by atoms with Crippen LogP contribution in [0, 0.1) is 6.92 Å². The number of carbonyl (C=O) groups is 1. The van der Waals surface area contributed by atoms with Crippen LogP contribution in [-0.2, 0) is 0 Å². The highest BCUT2D eigenvalue weighted by atomic mass is 16.2. The molecule has 0 atom stereocenters. The summed E-state index contributed by atoms with van der Waals surface area (Å²) >= 11 is 0. The molecule has 0 unspecified atom stereocenters. The first-order chi connectivity index (χ1) is 10.7. The molecule has 0 fully saturated rings. The summed E-state index contributed by atoms with van der Waals surface area (Å²) in [7, 11) is 0. The Bertz CT molecular complexity index is 853. The van der Waals surface area contributed by atoms with Gasteiger partial charge in [-0.3, -0.25) is 4.79 Å². The van der Waals surface area contributed by atoms with Gasteiger partial charge in [0.1, 0.15) is 0 Å². The number of rotatable bonds is 3. The molecule has 0 spiro atoms. The van der Waals surface area contributed by atoms with Gasteiger partial charge in [-0.15, -0.1) is 0 Å². The normalized spacial score (nSPS) is 11.0. The van der Waals surface area contributed by atoms with E-state index >= 15 is 0 Å². The SMILES string of the molecule is Cc1ccccc1/C=N/NC(=O)c1ccc2ccccc2c1. The molecule has 0 saturated heterocycles. The van der Waals surface area contributed by atoms with Gasteiger partial charge in [0.05, 0.1) is 6.21 Å². The summed E-state index contributed by atoms with van der Waals surface area (Å²) in [6.07, 6.45) is 1.66. The smallest absolute Gasteiger partial charge is 0.267 e. The first-order valence-corrected chi connectivity index (χ1v) is 7.12. The topological polar surface area (TPSA) is 41.5 Å². The zero-order valence-electron chi connectivity index (χ0n) is 12.3. The monoisotopic (exact) mass is 288 g/mol. The average molecular weight is 288 g/mol. The number of nitrogens with zero attached hydrogens (tertiary/aromatic N) is 1. The Labute approximate surface area is 129 Å². The van der Waals surface area contributed by atoms with Crippen molar-refractivity contribution >= 4 is 22.9 Å². The third kappa shape index (κ3) is 3.04. The lowest BCUT2D eigenvalue weighted by molar-refractivity contribution is 0.0955. The molecule has 0 aliphatic rings. The number of hydrogen-bond acceptors (Lipinski definition) is 2. The molecule has 3 aromatic rings. The molecule has 22 heavy (non-hydrogen) atoms. The van der Waals surface area contributed by atoms with Gasteiger partial charge in [-0.2, -0.15) is 5.10 Å². The van der Waals surface area contributed by atoms with Crippen LogP contribution in [0.15, 0.2) is 71.8 Å². The molecule has 0 aliphatic carbocycles. The Kier molecular flexibility index (Phi) is 3.97. The number of nitrogens with one attached hydrogen (secondary N) is 1. The fourth-order valence-corrected chi connectivity index (χ4v) is 2.29. The van der Waals surface area contributed by atoms with Gasteiger partial charge >= 0.3 is 0 Å². The van der Waals surface area contributed by atoms with Crippen LogP contribution in [0.25, 0.3) is 10.8 Å². The minimum atomic E-state index is -0.212. The number of hydrazone groups is 1. The van der Waals surface area contributed by atoms with E-state index in [2.05, 4.69) is 10.5 Å². The molecule has 0 aliphatic heterocycles. The first kappa shape index (κ1) is 14.0. The maximum atomic E-state index is 12.1. The third-order valence-corrected chi connectivity index (χ3v) is 3.57. The molecule has 108 valence electrons. The molecule has 0 saturated carbocycles. The molecule has 0 aromatic heterocycles. The predicted molar refractivity (Wildman–Crippen MR) is 90.2 cm³/mol. The van der Waals surface area contributed by atoms with Gasteiger partial charge in [-0.1, -0.05) is 54.6 Å². The molecular formula is C19H16N2O. The highest BCUT2D eigenvalue weighted by Crippen LogP contribution is 2.15. The number of fused-ring (bicyclic) bond motifs is 1. The number of benzene rings is 3. The fraction of sp³-hybridized carbons (Fsp3) is 0.0526. The molecule has 1 amide bonds. The summed E-state index contributed by atoms with van der Waals surface area (Å²) in [6.45, 7) is 2.01. The van der Waals surface area contributed by atoms with Gasteiger partial charge < -0.3 is 0 Å². The summed E-state index contributed by atoms with van der Waals surface area (Å²) in [5.74, 6) is -0.212. The summed E-state index contributed by atoms with van der Waals surface area (Å²) in [6, 6.07) is 21.4. The second kappa shape index (κ2) is 6.22. The van der Waals surface area contributed by atoms with E-state index in [-0.39, 0.29) is 5.91 Å². The Morgan fingerprint density at radius 2 is 1.68 bits per heavy atom. The van der Waals surface area contributed by atoms with Crippen LogP contribution in [0.4, 0.5) is 0 Å². The van der Waals surface area contributed by atoms with Crippen molar-refractivity contribution in [1.82, 2.24) is 5.43 Å². The number of carbonyl (C=O) groups excluding carboxylic acids is 1. The van der Waals surface area contributed by atoms with Crippen molar-refractivity contribution in [3.05, 3.63) is 83.4 Å². The largest absolute Gasteiger partial charge is 0.271 e. The quantitative estimate of drug-likeness (QED) is 0.576. The van der Waals surface area contributed by atoms with E-state index in [1.165, 1.54) is 0 Å². The standard InChI is InChI=1S/C19H16N2O/c1-14-6-2-3-9-18(14)13-20-21-19(22)17-11-10-15-7-4-5-8-16(15)12-17/h2-13H,1H3,(H,21,22)/b20-13+. The van der Waals surface area contributed by atoms with Gasteiger partial charge in [-0.25, -0.2) is 5.43 Å². The fourth-order valence-electron chi connectivity index (χ4n) is 2.29. The van der Waals surface area contributed by atoms with E-state index in [9.17, 15) is 4.79 Å². The van der Waals surface area contributed by atoms with Crippen molar-refractivity contribution in [1.29, 1.82) is 0 Å². The Morgan fingerprint density at radius 1 is 0.955 bits per heavy atom. The summed E-state index contributed by atoms with van der Waals surface area (Å²) in [5.41, 5.74) is 5.27. The van der Waals surface area contributed by atoms with Crippen LogP contribution in [0.5, 0.6) is 0 Å². The molecule has 3 nitrogen and oxygen atoms in total. The number of aryl methyl sites for hydroxylation is 1. The number of amides is 1. The lowest BCUT2D eigenvalue weighted by atomic mass is 10.1. The van der Waals surface area contributed by atoms with Crippen LogP contribution in [-0.4, -0.2) is 12.1 Å². The van der Waals surface area contributed by atoms with E-state index in [4.69, 9.17) is 0 Å². The molecule has 3 heteroatoms. The number of hydrogen-bond donors (Lipinski definition) is 1. The molecule has 0 bridgehead atoms. The van der Waals surface area contributed by atoms with E-state index in [0.717, 1.165) is 21.9 Å². The maximum Gasteiger partial charge on any atom is 0.271 e. The first-order valence-electron chi connectivity index (χ1n) is 7.12. The van der Waals surface area contributed by atoms with Gasteiger partial charge in [0.2, 0.25) is 0 Å². The highest BCUT2D eigenvalue weighted by Gasteiger charge is 2.04. The van der Waals surface area contributed by atoms with Crippen molar-refractivity contribution in [2.75, 3.05) is 0 Å². The molecule has 1 N–H and O–H groups in total. The van der Waals surface area contributed by atoms with E-state index in [1.807, 2.05) is 67.6 Å². The van der Waals surface area contributed by atoms with Gasteiger partial charge in [0.25, 0.3) is 5.91 Å². The van der Waals surface area contributed by atoms with Crippen molar-refractivity contribution in [3.8, 4) is 0 Å². The van der Waals surface area contributed by atoms with Crippen molar-refractivity contribution in [3.63, 3.8) is 0 Å². The van der Waals surface area contributed by atoms with E-state index in [1.54, 1.807) is 12.3 Å². The minimum absolute atomic E-state index is 0.212. The Morgan fingerprint density at radius 3 is 2.50 bits per heavy atom. The Balaban J connectivity index is 1.74. The zero-order chi connectivity index (χ0) is 15.4. The Hall–Kier alpha value is -2.94. The second-order valence-electron chi connectivity index (χ2n) is 5.12. The van der Waals surface area contributed by atoms with Crippen molar-refractivity contribution in [2.45, 2.75) is 6.92 Å². The lowest BCUT2D eigenvalue weighted by Gasteiger charge is -2.03. The average Bonchev–Trinajstić information content (AvgIpc) is 2.56. The van der Waals surface area contributed by atoms with Crippen molar-refractivity contribution in [2.24, 2.45) is 5.10 Å². The molecule has 0 radical (unpaired) electrons. The summed E-state index contributed by atoms with van der Waals surface area (Å²) in [4.78, 5) is 12.1. The van der Waals surface area contributed by atoms with Crippen LogP contribution >= 0.6 is 0 Å². The van der Waals surface area contributed by atoms with Gasteiger partial charge in [-0.05, 0) is 41.0 Å².